The highest BCUT2D eigenvalue weighted by atomic mass is 32.2. The van der Waals surface area contributed by atoms with Crippen molar-refractivity contribution in [2.24, 2.45) is 5.92 Å². The zero-order valence-corrected chi connectivity index (χ0v) is 18.9. The van der Waals surface area contributed by atoms with Crippen LogP contribution in [-0.2, 0) is 25.8 Å². The lowest BCUT2D eigenvalue weighted by atomic mass is 9.97. The number of nitrogens with one attached hydrogen (secondary N) is 2. The Morgan fingerprint density at radius 1 is 0.970 bits per heavy atom. The number of aryl methyl sites for hydroxylation is 1. The number of hydrogen-bond donors (Lipinski definition) is 2. The Hall–Kier alpha value is -2.92. The van der Waals surface area contributed by atoms with Crippen LogP contribution in [0.3, 0.4) is 0 Å². The zero-order chi connectivity index (χ0) is 24.4. The molecule has 0 radical (unpaired) electrons. The van der Waals surface area contributed by atoms with Crippen molar-refractivity contribution in [3.8, 4) is 0 Å². The van der Waals surface area contributed by atoms with Gasteiger partial charge in [-0.15, -0.1) is 0 Å². The lowest BCUT2D eigenvalue weighted by Gasteiger charge is -2.30. The molecule has 33 heavy (non-hydrogen) atoms. The van der Waals surface area contributed by atoms with Crippen LogP contribution in [0.2, 0.25) is 0 Å². The largest absolute Gasteiger partial charge is 0.416 e. The molecule has 7 nitrogen and oxygen atoms in total. The average molecular weight is 484 g/mol. The number of carbonyl (C=O) groups excluding carboxylic acids is 2. The molecule has 0 atom stereocenters. The van der Waals surface area contributed by atoms with Crippen LogP contribution in [0.15, 0.2) is 47.4 Å². The van der Waals surface area contributed by atoms with E-state index in [4.69, 9.17) is 0 Å². The molecule has 2 aromatic carbocycles. The van der Waals surface area contributed by atoms with Gasteiger partial charge in [0, 0.05) is 25.9 Å². The number of amides is 2. The normalized spacial score (nSPS) is 15.8. The SMILES string of the molecule is CC(=O)Nc1ccc(C(F)(F)F)cc1NC(=O)C1CCN(S(=O)(=O)c2ccc(C)cc2)CC1. The van der Waals surface area contributed by atoms with Gasteiger partial charge in [-0.3, -0.25) is 9.59 Å². The maximum Gasteiger partial charge on any atom is 0.416 e. The Kier molecular flexibility index (Phi) is 7.13. The van der Waals surface area contributed by atoms with Gasteiger partial charge in [0.2, 0.25) is 21.8 Å². The second-order valence-electron chi connectivity index (χ2n) is 7.92. The number of anilines is 2. The first kappa shape index (κ1) is 24.7. The van der Waals surface area contributed by atoms with E-state index in [1.54, 1.807) is 12.1 Å². The molecule has 11 heteroatoms. The summed E-state index contributed by atoms with van der Waals surface area (Å²) in [4.78, 5) is 24.3. The second kappa shape index (κ2) is 9.52. The monoisotopic (exact) mass is 483 g/mol. The first-order valence-electron chi connectivity index (χ1n) is 10.2. The Bertz CT molecular complexity index is 1140. The molecule has 1 saturated heterocycles. The highest BCUT2D eigenvalue weighted by Gasteiger charge is 2.34. The number of halogens is 3. The van der Waals surface area contributed by atoms with E-state index in [1.165, 1.54) is 23.4 Å². The number of nitrogens with zero attached hydrogens (tertiary/aromatic N) is 1. The van der Waals surface area contributed by atoms with Gasteiger partial charge in [0.1, 0.15) is 0 Å². The minimum Gasteiger partial charge on any atom is -0.325 e. The molecule has 2 aromatic rings. The van der Waals surface area contributed by atoms with Gasteiger partial charge >= 0.3 is 6.18 Å². The maximum absolute atomic E-state index is 13.1. The topological polar surface area (TPSA) is 95.6 Å². The summed E-state index contributed by atoms with van der Waals surface area (Å²) < 4.78 is 66.3. The van der Waals surface area contributed by atoms with Crippen LogP contribution in [0.5, 0.6) is 0 Å². The van der Waals surface area contributed by atoms with Crippen LogP contribution in [-0.4, -0.2) is 37.6 Å². The standard InChI is InChI=1S/C22H24F3N3O4S/c1-14-3-6-18(7-4-14)33(31,32)28-11-9-16(10-12-28)21(30)27-20-13-17(22(23,24)25)5-8-19(20)26-15(2)29/h3-8,13,16H,9-12H2,1-2H3,(H,26,29)(H,27,30). The maximum atomic E-state index is 13.1. The third kappa shape index (κ3) is 5.91. The lowest BCUT2D eigenvalue weighted by Crippen LogP contribution is -2.41. The number of sulfonamides is 1. The van der Waals surface area contributed by atoms with Crippen LogP contribution in [0, 0.1) is 12.8 Å². The summed E-state index contributed by atoms with van der Waals surface area (Å²) in [6, 6.07) is 9.12. The second-order valence-corrected chi connectivity index (χ2v) is 9.86. The predicted octanol–water partition coefficient (Wildman–Crippen LogP) is 4.01. The van der Waals surface area contributed by atoms with Gasteiger partial charge < -0.3 is 10.6 Å². The molecule has 0 aromatic heterocycles. The summed E-state index contributed by atoms with van der Waals surface area (Å²) in [6.07, 6.45) is -4.19. The lowest BCUT2D eigenvalue weighted by molar-refractivity contribution is -0.137. The van der Waals surface area contributed by atoms with Crippen molar-refractivity contribution in [2.75, 3.05) is 23.7 Å². The molecule has 0 saturated carbocycles. The first-order chi connectivity index (χ1) is 15.4. The fraction of sp³-hybridized carbons (Fsp3) is 0.364. The van der Waals surface area contributed by atoms with E-state index in [0.717, 1.165) is 23.8 Å². The molecule has 1 aliphatic rings. The summed E-state index contributed by atoms with van der Waals surface area (Å²) in [7, 11) is -3.70. The quantitative estimate of drug-likeness (QED) is 0.672. The van der Waals surface area contributed by atoms with E-state index in [1.807, 2.05) is 6.92 Å². The highest BCUT2D eigenvalue weighted by molar-refractivity contribution is 7.89. The van der Waals surface area contributed by atoms with Crippen molar-refractivity contribution in [3.05, 3.63) is 53.6 Å². The molecule has 1 heterocycles. The van der Waals surface area contributed by atoms with Crippen LogP contribution < -0.4 is 10.6 Å². The third-order valence-corrected chi connectivity index (χ3v) is 7.31. The van der Waals surface area contributed by atoms with Gasteiger partial charge in [0.15, 0.2) is 0 Å². The van der Waals surface area contributed by atoms with Gasteiger partial charge in [-0.05, 0) is 50.1 Å². The van der Waals surface area contributed by atoms with Gasteiger partial charge in [0.05, 0.1) is 21.8 Å². The van der Waals surface area contributed by atoms with E-state index in [0.29, 0.717) is 0 Å². The van der Waals surface area contributed by atoms with Crippen LogP contribution in [0.4, 0.5) is 24.5 Å². The minimum atomic E-state index is -4.62. The van der Waals surface area contributed by atoms with Crippen molar-refractivity contribution in [1.82, 2.24) is 4.31 Å². The first-order valence-corrected chi connectivity index (χ1v) is 11.7. The smallest absolute Gasteiger partial charge is 0.325 e. The predicted molar refractivity (Wildman–Crippen MR) is 117 cm³/mol. The van der Waals surface area contributed by atoms with Gasteiger partial charge in [0.25, 0.3) is 0 Å². The molecular weight excluding hydrogens is 459 g/mol. The van der Waals surface area contributed by atoms with Crippen LogP contribution >= 0.6 is 0 Å². The highest BCUT2D eigenvalue weighted by Crippen LogP contribution is 2.35. The summed E-state index contributed by atoms with van der Waals surface area (Å²) >= 11 is 0. The molecule has 2 N–H and O–H groups in total. The van der Waals surface area contributed by atoms with E-state index in [2.05, 4.69) is 10.6 Å². The summed E-state index contributed by atoms with van der Waals surface area (Å²) in [6.45, 7) is 3.26. The third-order valence-electron chi connectivity index (χ3n) is 5.40. The number of hydrogen-bond acceptors (Lipinski definition) is 4. The number of carbonyl (C=O) groups is 2. The van der Waals surface area contributed by atoms with Crippen molar-refractivity contribution in [3.63, 3.8) is 0 Å². The molecule has 0 bridgehead atoms. The number of piperidine rings is 1. The Labute approximate surface area is 190 Å². The number of rotatable bonds is 5. The Morgan fingerprint density at radius 3 is 2.12 bits per heavy atom. The summed E-state index contributed by atoms with van der Waals surface area (Å²) in [5, 5.41) is 4.87. The van der Waals surface area contributed by atoms with Crippen molar-refractivity contribution in [1.29, 1.82) is 0 Å². The van der Waals surface area contributed by atoms with Gasteiger partial charge in [-0.25, -0.2) is 8.42 Å². The van der Waals surface area contributed by atoms with E-state index in [-0.39, 0.29) is 42.2 Å². The average Bonchev–Trinajstić information content (AvgIpc) is 2.74. The van der Waals surface area contributed by atoms with Gasteiger partial charge in [-0.2, -0.15) is 17.5 Å². The molecule has 0 spiro atoms. The summed E-state index contributed by atoms with van der Waals surface area (Å²) in [5.74, 6) is -1.62. The molecule has 0 unspecified atom stereocenters. The summed E-state index contributed by atoms with van der Waals surface area (Å²) in [5.41, 5.74) is -0.161. The Morgan fingerprint density at radius 2 is 1.58 bits per heavy atom. The molecule has 2 amide bonds. The van der Waals surface area contributed by atoms with Crippen molar-refractivity contribution in [2.45, 2.75) is 37.8 Å². The zero-order valence-electron chi connectivity index (χ0n) is 18.1. The van der Waals surface area contributed by atoms with Crippen molar-refractivity contribution >= 4 is 33.2 Å². The van der Waals surface area contributed by atoms with Crippen molar-refractivity contribution < 1.29 is 31.2 Å². The molecule has 3 rings (SSSR count). The molecule has 1 fully saturated rings. The van der Waals surface area contributed by atoms with E-state index >= 15 is 0 Å². The Balaban J connectivity index is 1.71. The molecule has 1 aliphatic heterocycles. The van der Waals surface area contributed by atoms with E-state index < -0.39 is 39.5 Å². The van der Waals surface area contributed by atoms with Crippen LogP contribution in [0.25, 0.3) is 0 Å². The molecule has 0 aliphatic carbocycles. The number of benzene rings is 2. The molecule has 178 valence electrons. The fourth-order valence-corrected chi connectivity index (χ4v) is 5.04. The molecular formula is C22H24F3N3O4S. The fourth-order valence-electron chi connectivity index (χ4n) is 3.58. The van der Waals surface area contributed by atoms with Crippen LogP contribution in [0.1, 0.15) is 30.9 Å². The number of alkyl halides is 3. The van der Waals surface area contributed by atoms with E-state index in [9.17, 15) is 31.2 Å². The van der Waals surface area contributed by atoms with Gasteiger partial charge in [-0.1, -0.05) is 17.7 Å². The minimum absolute atomic E-state index is 0.0447.